The lowest BCUT2D eigenvalue weighted by molar-refractivity contribution is 0.0692. The molecule has 0 saturated heterocycles. The van der Waals surface area contributed by atoms with E-state index in [0.29, 0.717) is 0 Å². The van der Waals surface area contributed by atoms with Gasteiger partial charge in [0.2, 0.25) is 0 Å². The molecule has 3 N–H and O–H groups in total. The summed E-state index contributed by atoms with van der Waals surface area (Å²) in [5.41, 5.74) is -0.362. The molecular weight excluding hydrogens is 329 g/mol. The molecule has 1 aromatic heterocycles. The number of benzene rings is 1. The third-order valence-electron chi connectivity index (χ3n) is 2.22. The number of sulfonamides is 1. The van der Waals surface area contributed by atoms with Gasteiger partial charge in [-0.15, -0.1) is 0 Å². The summed E-state index contributed by atoms with van der Waals surface area (Å²) in [4.78, 5) is 10.9. The fraction of sp³-hybridized carbons (Fsp3) is 0. The van der Waals surface area contributed by atoms with Crippen molar-refractivity contribution in [2.75, 3.05) is 4.72 Å². The molecule has 106 valence electrons. The van der Waals surface area contributed by atoms with E-state index in [9.17, 15) is 13.2 Å². The van der Waals surface area contributed by atoms with E-state index >= 15 is 0 Å². The van der Waals surface area contributed by atoms with Crippen LogP contribution in [0.2, 0.25) is 10.0 Å². The minimum Gasteiger partial charge on any atom is -0.478 e. The van der Waals surface area contributed by atoms with Crippen LogP contribution in [-0.4, -0.2) is 29.7 Å². The Bertz CT molecular complexity index is 752. The Hall–Kier alpha value is -1.77. The van der Waals surface area contributed by atoms with Crippen LogP contribution in [-0.2, 0) is 10.0 Å². The van der Waals surface area contributed by atoms with Crippen LogP contribution in [0.4, 0.5) is 5.69 Å². The van der Waals surface area contributed by atoms with Gasteiger partial charge in [0, 0.05) is 10.0 Å². The summed E-state index contributed by atoms with van der Waals surface area (Å²) in [6.07, 6.45) is 0.905. The van der Waals surface area contributed by atoms with Crippen LogP contribution in [0, 0.1) is 0 Å². The number of anilines is 1. The Morgan fingerprint density at radius 3 is 2.40 bits per heavy atom. The molecule has 0 aliphatic carbocycles. The van der Waals surface area contributed by atoms with Gasteiger partial charge >= 0.3 is 5.97 Å². The minimum atomic E-state index is -4.15. The summed E-state index contributed by atoms with van der Waals surface area (Å²) in [5, 5.41) is 14.3. The number of nitrogens with zero attached hydrogens (tertiary/aromatic N) is 1. The lowest BCUT2D eigenvalue weighted by atomic mass is 10.3. The number of aromatic carboxylic acids is 1. The Labute approximate surface area is 123 Å². The standard InChI is InChI=1S/C10H7Cl2N3O4S/c11-5-1-6(12)3-7(2-5)15-20(18,19)9-8(10(16)17)4-13-14-9/h1-4,15H,(H,13,14)(H,16,17). The predicted octanol–water partition coefficient (Wildman–Crippen LogP) is 2.22. The van der Waals surface area contributed by atoms with E-state index in [1.54, 1.807) is 0 Å². The highest BCUT2D eigenvalue weighted by atomic mass is 35.5. The van der Waals surface area contributed by atoms with E-state index in [0.717, 1.165) is 6.20 Å². The monoisotopic (exact) mass is 335 g/mol. The molecule has 20 heavy (non-hydrogen) atoms. The summed E-state index contributed by atoms with van der Waals surface area (Å²) in [6.45, 7) is 0. The molecule has 0 fully saturated rings. The van der Waals surface area contributed by atoms with Crippen molar-refractivity contribution < 1.29 is 18.3 Å². The number of rotatable bonds is 4. The van der Waals surface area contributed by atoms with Crippen molar-refractivity contribution >= 4 is 44.9 Å². The van der Waals surface area contributed by atoms with Crippen LogP contribution in [0.15, 0.2) is 29.4 Å². The van der Waals surface area contributed by atoms with Gasteiger partial charge in [-0.05, 0) is 18.2 Å². The van der Waals surface area contributed by atoms with Crippen molar-refractivity contribution in [2.45, 2.75) is 5.03 Å². The molecular formula is C10H7Cl2N3O4S. The van der Waals surface area contributed by atoms with Crippen molar-refractivity contribution in [1.82, 2.24) is 10.2 Å². The molecule has 0 unspecified atom stereocenters. The van der Waals surface area contributed by atoms with Gasteiger partial charge in [-0.25, -0.2) is 4.79 Å². The van der Waals surface area contributed by atoms with Gasteiger partial charge < -0.3 is 5.11 Å². The van der Waals surface area contributed by atoms with E-state index in [2.05, 4.69) is 14.9 Å². The molecule has 1 heterocycles. The number of carbonyl (C=O) groups is 1. The normalized spacial score (nSPS) is 11.3. The van der Waals surface area contributed by atoms with E-state index in [1.807, 2.05) is 0 Å². The predicted molar refractivity (Wildman–Crippen MR) is 72.8 cm³/mol. The molecule has 0 aliphatic heterocycles. The zero-order chi connectivity index (χ0) is 14.9. The number of hydrogen-bond acceptors (Lipinski definition) is 4. The van der Waals surface area contributed by atoms with Crippen LogP contribution < -0.4 is 4.72 Å². The van der Waals surface area contributed by atoms with Crippen molar-refractivity contribution in [3.63, 3.8) is 0 Å². The van der Waals surface area contributed by atoms with Crippen molar-refractivity contribution in [3.8, 4) is 0 Å². The quantitative estimate of drug-likeness (QED) is 0.792. The van der Waals surface area contributed by atoms with Crippen LogP contribution in [0.25, 0.3) is 0 Å². The Morgan fingerprint density at radius 2 is 1.85 bits per heavy atom. The molecule has 0 atom stereocenters. The summed E-state index contributed by atoms with van der Waals surface area (Å²) in [6, 6.07) is 4.10. The second-order valence-electron chi connectivity index (χ2n) is 3.68. The number of carboxylic acids is 1. The first-order chi connectivity index (χ1) is 9.29. The second-order valence-corrected chi connectivity index (χ2v) is 6.17. The van der Waals surface area contributed by atoms with E-state index in [1.165, 1.54) is 18.2 Å². The summed E-state index contributed by atoms with van der Waals surface area (Å²) >= 11 is 11.5. The van der Waals surface area contributed by atoms with E-state index in [4.69, 9.17) is 28.3 Å². The highest BCUT2D eigenvalue weighted by molar-refractivity contribution is 7.92. The van der Waals surface area contributed by atoms with Crippen LogP contribution >= 0.6 is 23.2 Å². The minimum absolute atomic E-state index is 0.105. The number of carboxylic acid groups (broad SMARTS) is 1. The topological polar surface area (TPSA) is 112 Å². The van der Waals surface area contributed by atoms with Crippen LogP contribution in [0.3, 0.4) is 0 Å². The second kappa shape index (κ2) is 5.31. The molecule has 2 aromatic rings. The zero-order valence-electron chi connectivity index (χ0n) is 9.59. The molecule has 0 spiro atoms. The largest absolute Gasteiger partial charge is 0.478 e. The number of hydrogen-bond donors (Lipinski definition) is 3. The summed E-state index contributed by atoms with van der Waals surface area (Å²) < 4.78 is 26.3. The third kappa shape index (κ3) is 3.03. The van der Waals surface area contributed by atoms with Crippen molar-refractivity contribution in [3.05, 3.63) is 40.0 Å². The highest BCUT2D eigenvalue weighted by Crippen LogP contribution is 2.25. The molecule has 1 aromatic carbocycles. The van der Waals surface area contributed by atoms with Gasteiger partial charge in [-0.3, -0.25) is 9.82 Å². The van der Waals surface area contributed by atoms with E-state index < -0.39 is 26.6 Å². The maximum Gasteiger partial charge on any atom is 0.340 e. The summed E-state index contributed by atoms with van der Waals surface area (Å²) in [7, 11) is -4.15. The molecule has 10 heteroatoms. The number of halogens is 2. The van der Waals surface area contributed by atoms with Gasteiger partial charge in [0.25, 0.3) is 10.0 Å². The first kappa shape index (κ1) is 14.6. The Kier molecular flexibility index (Phi) is 3.89. The lowest BCUT2D eigenvalue weighted by Gasteiger charge is -2.08. The first-order valence-electron chi connectivity index (χ1n) is 5.05. The molecule has 0 radical (unpaired) electrons. The van der Waals surface area contributed by atoms with Crippen LogP contribution in [0.5, 0.6) is 0 Å². The van der Waals surface area contributed by atoms with Gasteiger partial charge in [0.05, 0.1) is 11.9 Å². The average molecular weight is 336 g/mol. The fourth-order valence-corrected chi connectivity index (χ4v) is 3.11. The van der Waals surface area contributed by atoms with Crippen molar-refractivity contribution in [2.24, 2.45) is 0 Å². The number of nitrogens with one attached hydrogen (secondary N) is 2. The smallest absolute Gasteiger partial charge is 0.340 e. The molecule has 0 aliphatic rings. The highest BCUT2D eigenvalue weighted by Gasteiger charge is 2.25. The Balaban J connectivity index is 2.41. The SMILES string of the molecule is O=C(O)c1cn[nH]c1S(=O)(=O)Nc1cc(Cl)cc(Cl)c1. The fourth-order valence-electron chi connectivity index (χ4n) is 1.45. The number of H-pyrrole nitrogens is 1. The molecule has 2 rings (SSSR count). The average Bonchev–Trinajstić information content (AvgIpc) is 2.75. The molecule has 0 bridgehead atoms. The molecule has 7 nitrogen and oxygen atoms in total. The summed E-state index contributed by atoms with van der Waals surface area (Å²) in [5.74, 6) is -1.41. The van der Waals surface area contributed by atoms with E-state index in [-0.39, 0.29) is 15.7 Å². The maximum absolute atomic E-state index is 12.1. The van der Waals surface area contributed by atoms with Crippen LogP contribution in [0.1, 0.15) is 10.4 Å². The lowest BCUT2D eigenvalue weighted by Crippen LogP contribution is -2.16. The van der Waals surface area contributed by atoms with Gasteiger partial charge in [-0.2, -0.15) is 13.5 Å². The number of aromatic nitrogens is 2. The first-order valence-corrected chi connectivity index (χ1v) is 7.29. The molecule has 0 amide bonds. The van der Waals surface area contributed by atoms with Gasteiger partial charge in [-0.1, -0.05) is 23.2 Å². The molecule has 0 saturated carbocycles. The zero-order valence-corrected chi connectivity index (χ0v) is 11.9. The third-order valence-corrected chi connectivity index (χ3v) is 4.01. The van der Waals surface area contributed by atoms with Gasteiger partial charge in [0.1, 0.15) is 5.56 Å². The number of aromatic amines is 1. The Morgan fingerprint density at radius 1 is 1.25 bits per heavy atom. The maximum atomic E-state index is 12.1. The van der Waals surface area contributed by atoms with Crippen molar-refractivity contribution in [1.29, 1.82) is 0 Å². The van der Waals surface area contributed by atoms with Gasteiger partial charge in [0.15, 0.2) is 5.03 Å².